The van der Waals surface area contributed by atoms with Crippen LogP contribution in [0.25, 0.3) is 11.3 Å². The Morgan fingerprint density at radius 1 is 1.15 bits per heavy atom. The van der Waals surface area contributed by atoms with E-state index in [1.165, 1.54) is 25.4 Å². The number of pyridine rings is 1. The number of fused-ring (bicyclic) bond motifs is 1. The molecule has 176 valence electrons. The third-order valence-corrected chi connectivity index (χ3v) is 5.44. The van der Waals surface area contributed by atoms with Gasteiger partial charge in [-0.1, -0.05) is 30.3 Å². The van der Waals surface area contributed by atoms with Gasteiger partial charge in [-0.05, 0) is 35.4 Å². The standard InChI is InChI=1S/C25H21F3N2O4/c1-33-24(32)17-8-9-21(29-13-17)20-7-3-5-16-12-19(34-23(16)20)14-30-22(31)11-15-4-2-6-18(10-15)25(26,27)28/h2-10,13,19H,11-12,14H2,1H3,(H,30,31)/t19-/m1/s1. The normalized spacial score (nSPS) is 14.8. The van der Waals surface area contributed by atoms with Crippen LogP contribution in [0.15, 0.2) is 60.8 Å². The molecule has 9 heteroatoms. The Morgan fingerprint density at radius 3 is 2.65 bits per heavy atom. The molecule has 1 aromatic heterocycles. The number of halogens is 3. The molecular weight excluding hydrogens is 449 g/mol. The monoisotopic (exact) mass is 470 g/mol. The molecule has 6 nitrogen and oxygen atoms in total. The van der Waals surface area contributed by atoms with E-state index in [1.54, 1.807) is 12.1 Å². The predicted molar refractivity (Wildman–Crippen MR) is 117 cm³/mol. The lowest BCUT2D eigenvalue weighted by molar-refractivity contribution is -0.137. The van der Waals surface area contributed by atoms with Crippen LogP contribution in [0.1, 0.15) is 27.0 Å². The van der Waals surface area contributed by atoms with Crippen LogP contribution in [0, 0.1) is 0 Å². The van der Waals surface area contributed by atoms with Crippen LogP contribution in [-0.4, -0.2) is 36.6 Å². The van der Waals surface area contributed by atoms with Gasteiger partial charge < -0.3 is 14.8 Å². The zero-order valence-electron chi connectivity index (χ0n) is 18.2. The third-order valence-electron chi connectivity index (χ3n) is 5.44. The number of benzene rings is 2. The molecular formula is C25H21F3N2O4. The van der Waals surface area contributed by atoms with Crippen LogP contribution < -0.4 is 10.1 Å². The predicted octanol–water partition coefficient (Wildman–Crippen LogP) is 4.22. The van der Waals surface area contributed by atoms with Crippen LogP contribution in [-0.2, 0) is 28.5 Å². The van der Waals surface area contributed by atoms with E-state index < -0.39 is 17.7 Å². The summed E-state index contributed by atoms with van der Waals surface area (Å²) < 4.78 is 49.4. The topological polar surface area (TPSA) is 77.5 Å². The van der Waals surface area contributed by atoms with E-state index in [2.05, 4.69) is 15.0 Å². The Bertz CT molecular complexity index is 1210. The van der Waals surface area contributed by atoms with Crippen molar-refractivity contribution >= 4 is 11.9 Å². The summed E-state index contributed by atoms with van der Waals surface area (Å²) in [5.41, 5.74) is 2.17. The first-order valence-electron chi connectivity index (χ1n) is 10.5. The van der Waals surface area contributed by atoms with E-state index in [9.17, 15) is 22.8 Å². The molecule has 0 spiro atoms. The molecule has 0 saturated heterocycles. The first kappa shape index (κ1) is 23.3. The highest BCUT2D eigenvalue weighted by Gasteiger charge is 2.30. The Balaban J connectivity index is 1.38. The van der Waals surface area contributed by atoms with Crippen LogP contribution in [0.2, 0.25) is 0 Å². The molecule has 4 rings (SSSR count). The highest BCUT2D eigenvalue weighted by molar-refractivity contribution is 5.89. The average Bonchev–Trinajstić information content (AvgIpc) is 3.25. The lowest BCUT2D eigenvalue weighted by atomic mass is 10.0. The Morgan fingerprint density at radius 2 is 1.94 bits per heavy atom. The van der Waals surface area contributed by atoms with Gasteiger partial charge in [-0.15, -0.1) is 0 Å². The van der Waals surface area contributed by atoms with Crippen molar-refractivity contribution in [2.75, 3.05) is 13.7 Å². The summed E-state index contributed by atoms with van der Waals surface area (Å²) >= 11 is 0. The smallest absolute Gasteiger partial charge is 0.416 e. The SMILES string of the molecule is COC(=O)c1ccc(-c2cccc3c2O[C@@H](CNC(=O)Cc2cccc(C(F)(F)F)c2)C3)nc1. The minimum Gasteiger partial charge on any atom is -0.487 e. The van der Waals surface area contributed by atoms with Gasteiger partial charge in [0.1, 0.15) is 11.9 Å². The molecule has 3 aromatic rings. The Kier molecular flexibility index (Phi) is 6.54. The number of methoxy groups -OCH3 is 1. The largest absolute Gasteiger partial charge is 0.487 e. The second kappa shape index (κ2) is 9.54. The number of hydrogen-bond donors (Lipinski definition) is 1. The molecule has 0 saturated carbocycles. The van der Waals surface area contributed by atoms with E-state index in [0.29, 0.717) is 23.4 Å². The zero-order chi connectivity index (χ0) is 24.3. The molecule has 2 aromatic carbocycles. The van der Waals surface area contributed by atoms with Crippen LogP contribution >= 0.6 is 0 Å². The van der Waals surface area contributed by atoms with Gasteiger partial charge in [0.2, 0.25) is 5.91 Å². The van der Waals surface area contributed by atoms with Gasteiger partial charge in [0.15, 0.2) is 0 Å². The van der Waals surface area contributed by atoms with E-state index >= 15 is 0 Å². The van der Waals surface area contributed by atoms with Crippen molar-refractivity contribution in [1.82, 2.24) is 10.3 Å². The number of esters is 1. The quantitative estimate of drug-likeness (QED) is 0.546. The fourth-order valence-corrected chi connectivity index (χ4v) is 3.78. The van der Waals surface area contributed by atoms with Crippen molar-refractivity contribution in [1.29, 1.82) is 0 Å². The molecule has 34 heavy (non-hydrogen) atoms. The molecule has 1 aliphatic rings. The van der Waals surface area contributed by atoms with Crippen LogP contribution in [0.4, 0.5) is 13.2 Å². The molecule has 1 atom stereocenters. The first-order chi connectivity index (χ1) is 16.2. The van der Waals surface area contributed by atoms with E-state index in [1.807, 2.05) is 18.2 Å². The van der Waals surface area contributed by atoms with Gasteiger partial charge in [0, 0.05) is 18.2 Å². The Hall–Kier alpha value is -3.88. The summed E-state index contributed by atoms with van der Waals surface area (Å²) in [5.74, 6) is -0.216. The highest BCUT2D eigenvalue weighted by Crippen LogP contribution is 2.38. The molecule has 1 aliphatic heterocycles. The minimum atomic E-state index is -4.46. The van der Waals surface area contributed by atoms with Crippen LogP contribution in [0.5, 0.6) is 5.75 Å². The number of amides is 1. The second-order valence-electron chi connectivity index (χ2n) is 7.84. The fourth-order valence-electron chi connectivity index (χ4n) is 3.78. The van der Waals surface area contributed by atoms with Crippen molar-refractivity contribution in [2.24, 2.45) is 0 Å². The third kappa shape index (κ3) is 5.19. The number of aromatic nitrogens is 1. The van der Waals surface area contributed by atoms with Crippen molar-refractivity contribution in [3.8, 4) is 17.0 Å². The molecule has 0 radical (unpaired) electrons. The van der Waals surface area contributed by atoms with Crippen LogP contribution in [0.3, 0.4) is 0 Å². The number of alkyl halides is 3. The fraction of sp³-hybridized carbons (Fsp3) is 0.240. The summed E-state index contributed by atoms with van der Waals surface area (Å²) in [6.07, 6.45) is -2.95. The van der Waals surface area contributed by atoms with Gasteiger partial charge >= 0.3 is 12.1 Å². The number of carbonyl (C=O) groups excluding carboxylic acids is 2. The summed E-state index contributed by atoms with van der Waals surface area (Å²) in [6.45, 7) is 0.209. The maximum atomic E-state index is 12.9. The van der Waals surface area contributed by atoms with Crippen molar-refractivity contribution in [2.45, 2.75) is 25.1 Å². The van der Waals surface area contributed by atoms with E-state index in [-0.39, 0.29) is 30.5 Å². The maximum Gasteiger partial charge on any atom is 0.416 e. The summed E-state index contributed by atoms with van der Waals surface area (Å²) in [4.78, 5) is 28.3. The van der Waals surface area contributed by atoms with E-state index in [0.717, 1.165) is 23.3 Å². The minimum absolute atomic E-state index is 0.161. The van der Waals surface area contributed by atoms with Gasteiger partial charge in [0.05, 0.1) is 36.9 Å². The summed E-state index contributed by atoms with van der Waals surface area (Å²) in [5, 5.41) is 2.74. The lowest BCUT2D eigenvalue weighted by Gasteiger charge is -2.14. The maximum absolute atomic E-state index is 12.9. The van der Waals surface area contributed by atoms with Crippen molar-refractivity contribution < 1.29 is 32.2 Å². The second-order valence-corrected chi connectivity index (χ2v) is 7.84. The number of ether oxygens (including phenoxy) is 2. The van der Waals surface area contributed by atoms with Gasteiger partial charge in [0.25, 0.3) is 0 Å². The van der Waals surface area contributed by atoms with Crippen molar-refractivity contribution in [3.63, 3.8) is 0 Å². The number of nitrogens with one attached hydrogen (secondary N) is 1. The molecule has 2 heterocycles. The zero-order valence-corrected chi connectivity index (χ0v) is 18.2. The van der Waals surface area contributed by atoms with E-state index in [4.69, 9.17) is 4.74 Å². The molecule has 1 N–H and O–H groups in total. The average molecular weight is 470 g/mol. The molecule has 0 fully saturated rings. The molecule has 0 aliphatic carbocycles. The number of hydrogen-bond acceptors (Lipinski definition) is 5. The number of rotatable bonds is 6. The van der Waals surface area contributed by atoms with Gasteiger partial charge in [-0.2, -0.15) is 13.2 Å². The van der Waals surface area contributed by atoms with Gasteiger partial charge in [-0.25, -0.2) is 4.79 Å². The molecule has 1 amide bonds. The summed E-state index contributed by atoms with van der Waals surface area (Å²) in [7, 11) is 1.30. The number of para-hydroxylation sites is 1. The Labute approximate surface area is 193 Å². The first-order valence-corrected chi connectivity index (χ1v) is 10.5. The summed E-state index contributed by atoms with van der Waals surface area (Å²) in [6, 6.07) is 13.7. The molecule has 0 unspecified atom stereocenters. The van der Waals surface area contributed by atoms with Crippen molar-refractivity contribution in [3.05, 3.63) is 83.0 Å². The highest BCUT2D eigenvalue weighted by atomic mass is 19.4. The number of carbonyl (C=O) groups is 2. The van der Waals surface area contributed by atoms with Gasteiger partial charge in [-0.3, -0.25) is 9.78 Å². The number of nitrogens with zero attached hydrogens (tertiary/aromatic N) is 1. The molecule has 0 bridgehead atoms. The lowest BCUT2D eigenvalue weighted by Crippen LogP contribution is -2.35.